The van der Waals surface area contributed by atoms with Crippen molar-refractivity contribution in [3.63, 3.8) is 0 Å². The van der Waals surface area contributed by atoms with Gasteiger partial charge in [-0.25, -0.2) is 13.2 Å². The van der Waals surface area contributed by atoms with E-state index in [0.717, 1.165) is 11.8 Å². The van der Waals surface area contributed by atoms with E-state index in [9.17, 15) is 22.8 Å². The van der Waals surface area contributed by atoms with Gasteiger partial charge in [0.15, 0.2) is 17.5 Å². The summed E-state index contributed by atoms with van der Waals surface area (Å²) in [5.74, 6) is -5.85. The third-order valence-electron chi connectivity index (χ3n) is 3.62. The van der Waals surface area contributed by atoms with Gasteiger partial charge in [0.2, 0.25) is 0 Å². The molecule has 138 valence electrons. The number of rotatable bonds is 6. The molecule has 0 atom stereocenters. The van der Waals surface area contributed by atoms with Crippen molar-refractivity contribution < 1.29 is 22.8 Å². The summed E-state index contributed by atoms with van der Waals surface area (Å²) in [6.45, 7) is 0.0874. The van der Waals surface area contributed by atoms with Crippen molar-refractivity contribution in [3.05, 3.63) is 65.0 Å². The Morgan fingerprint density at radius 3 is 2.00 bits per heavy atom. The van der Waals surface area contributed by atoms with E-state index >= 15 is 0 Å². The van der Waals surface area contributed by atoms with E-state index in [1.165, 1.54) is 0 Å². The van der Waals surface area contributed by atoms with E-state index in [1.54, 1.807) is 24.3 Å². The molecular weight excluding hydrogens is 347 g/mol. The predicted molar refractivity (Wildman–Crippen MR) is 91.8 cm³/mol. The van der Waals surface area contributed by atoms with Crippen LogP contribution in [0.4, 0.5) is 18.9 Å². The third kappa shape index (κ3) is 4.53. The maximum Gasteiger partial charge on any atom is 0.254 e. The lowest BCUT2D eigenvalue weighted by molar-refractivity contribution is 0.0924. The summed E-state index contributed by atoms with van der Waals surface area (Å²) >= 11 is 0. The fourth-order valence-corrected chi connectivity index (χ4v) is 2.16. The molecule has 0 spiro atoms. The van der Waals surface area contributed by atoms with Crippen molar-refractivity contribution in [1.82, 2.24) is 10.6 Å². The molecule has 2 amide bonds. The molecule has 0 bridgehead atoms. The molecule has 0 radical (unpaired) electrons. The van der Waals surface area contributed by atoms with Crippen LogP contribution in [-0.4, -0.2) is 39.0 Å². The lowest BCUT2D eigenvalue weighted by Gasteiger charge is -2.12. The van der Waals surface area contributed by atoms with Crippen LogP contribution in [0, 0.1) is 17.5 Å². The molecule has 5 nitrogen and oxygen atoms in total. The normalized spacial score (nSPS) is 10.3. The molecule has 2 rings (SSSR count). The SMILES string of the molecule is CN(C)c1ccc(C(=O)NCCNC(=O)c2ccc(F)c(F)c2F)cc1. The van der Waals surface area contributed by atoms with Crippen molar-refractivity contribution in [1.29, 1.82) is 0 Å². The van der Waals surface area contributed by atoms with Gasteiger partial charge in [-0.05, 0) is 36.4 Å². The first kappa shape index (κ1) is 19.3. The van der Waals surface area contributed by atoms with Crippen molar-refractivity contribution in [2.45, 2.75) is 0 Å². The van der Waals surface area contributed by atoms with E-state index in [0.29, 0.717) is 11.6 Å². The monoisotopic (exact) mass is 365 g/mol. The first-order valence-corrected chi connectivity index (χ1v) is 7.78. The lowest BCUT2D eigenvalue weighted by atomic mass is 10.2. The summed E-state index contributed by atoms with van der Waals surface area (Å²) in [5, 5.41) is 4.92. The van der Waals surface area contributed by atoms with E-state index < -0.39 is 28.9 Å². The number of amides is 2. The molecule has 0 unspecified atom stereocenters. The fraction of sp³-hybridized carbons (Fsp3) is 0.222. The number of carbonyl (C=O) groups excluding carboxylic acids is 2. The number of halogens is 3. The van der Waals surface area contributed by atoms with Gasteiger partial charge in [-0.1, -0.05) is 0 Å². The zero-order valence-corrected chi connectivity index (χ0v) is 14.3. The van der Waals surface area contributed by atoms with Gasteiger partial charge in [-0.2, -0.15) is 0 Å². The molecular formula is C18H18F3N3O2. The molecule has 26 heavy (non-hydrogen) atoms. The van der Waals surface area contributed by atoms with Crippen molar-refractivity contribution in [2.24, 2.45) is 0 Å². The van der Waals surface area contributed by atoms with E-state index in [4.69, 9.17) is 0 Å². The second kappa shape index (κ2) is 8.37. The number of anilines is 1. The van der Waals surface area contributed by atoms with Gasteiger partial charge in [0.1, 0.15) is 0 Å². The summed E-state index contributed by atoms with van der Waals surface area (Å²) in [4.78, 5) is 25.7. The highest BCUT2D eigenvalue weighted by molar-refractivity contribution is 5.95. The second-order valence-corrected chi connectivity index (χ2v) is 5.68. The van der Waals surface area contributed by atoms with Crippen LogP contribution in [-0.2, 0) is 0 Å². The summed E-state index contributed by atoms with van der Waals surface area (Å²) in [6, 6.07) is 8.45. The Morgan fingerprint density at radius 2 is 1.42 bits per heavy atom. The highest BCUT2D eigenvalue weighted by atomic mass is 19.2. The number of hydrogen-bond donors (Lipinski definition) is 2. The summed E-state index contributed by atoms with van der Waals surface area (Å²) in [5.41, 5.74) is 0.797. The van der Waals surface area contributed by atoms with Gasteiger partial charge < -0.3 is 15.5 Å². The number of hydrogen-bond acceptors (Lipinski definition) is 3. The van der Waals surface area contributed by atoms with Gasteiger partial charge in [-0.15, -0.1) is 0 Å². The lowest BCUT2D eigenvalue weighted by Crippen LogP contribution is -2.35. The van der Waals surface area contributed by atoms with Crippen molar-refractivity contribution in [3.8, 4) is 0 Å². The number of nitrogens with one attached hydrogen (secondary N) is 2. The van der Waals surface area contributed by atoms with Crippen LogP contribution in [0.15, 0.2) is 36.4 Å². The minimum absolute atomic E-state index is 0.00120. The Labute approximate surface area is 148 Å². The third-order valence-corrected chi connectivity index (χ3v) is 3.62. The summed E-state index contributed by atoms with van der Waals surface area (Å²) < 4.78 is 39.5. The predicted octanol–water partition coefficient (Wildman–Crippen LogP) is 2.33. The Balaban J connectivity index is 1.84. The Morgan fingerprint density at radius 1 is 0.846 bits per heavy atom. The van der Waals surface area contributed by atoms with Gasteiger partial charge in [0.25, 0.3) is 11.8 Å². The molecule has 0 saturated heterocycles. The van der Waals surface area contributed by atoms with Gasteiger partial charge >= 0.3 is 0 Å². The van der Waals surface area contributed by atoms with E-state index in [2.05, 4.69) is 10.6 Å². The highest BCUT2D eigenvalue weighted by Gasteiger charge is 2.18. The largest absolute Gasteiger partial charge is 0.378 e. The molecule has 8 heteroatoms. The highest BCUT2D eigenvalue weighted by Crippen LogP contribution is 2.15. The standard InChI is InChI=1S/C18H18F3N3O2/c1-24(2)12-5-3-11(4-6-12)17(25)22-9-10-23-18(26)13-7-8-14(19)16(21)15(13)20/h3-8H,9-10H2,1-2H3,(H,22,25)(H,23,26). The number of carbonyl (C=O) groups is 2. The Bertz CT molecular complexity index is 808. The van der Waals surface area contributed by atoms with Crippen LogP contribution in [0.3, 0.4) is 0 Å². The fourth-order valence-electron chi connectivity index (χ4n) is 2.16. The van der Waals surface area contributed by atoms with Crippen LogP contribution in [0.2, 0.25) is 0 Å². The molecule has 0 saturated carbocycles. The van der Waals surface area contributed by atoms with Crippen molar-refractivity contribution >= 4 is 17.5 Å². The topological polar surface area (TPSA) is 61.4 Å². The zero-order chi connectivity index (χ0) is 19.3. The van der Waals surface area contributed by atoms with Gasteiger partial charge in [-0.3, -0.25) is 9.59 Å². The van der Waals surface area contributed by atoms with Gasteiger partial charge in [0.05, 0.1) is 5.56 Å². The van der Waals surface area contributed by atoms with Crippen LogP contribution in [0.5, 0.6) is 0 Å². The average Bonchev–Trinajstić information content (AvgIpc) is 2.63. The molecule has 2 aromatic carbocycles. The molecule has 0 heterocycles. The molecule has 0 aromatic heterocycles. The molecule has 0 fully saturated rings. The number of nitrogens with zero attached hydrogens (tertiary/aromatic N) is 1. The minimum atomic E-state index is -1.70. The first-order chi connectivity index (χ1) is 12.3. The zero-order valence-electron chi connectivity index (χ0n) is 14.3. The molecule has 2 aromatic rings. The summed E-state index contributed by atoms with van der Waals surface area (Å²) in [7, 11) is 3.77. The van der Waals surface area contributed by atoms with Crippen LogP contribution < -0.4 is 15.5 Å². The smallest absolute Gasteiger partial charge is 0.254 e. The first-order valence-electron chi connectivity index (χ1n) is 7.78. The van der Waals surface area contributed by atoms with Crippen molar-refractivity contribution in [2.75, 3.05) is 32.1 Å². The minimum Gasteiger partial charge on any atom is -0.378 e. The maximum atomic E-state index is 13.5. The second-order valence-electron chi connectivity index (χ2n) is 5.68. The Kier molecular flexibility index (Phi) is 6.21. The van der Waals surface area contributed by atoms with Gasteiger partial charge in [0, 0.05) is 38.4 Å². The maximum absolute atomic E-state index is 13.5. The summed E-state index contributed by atoms with van der Waals surface area (Å²) in [6.07, 6.45) is 0. The Hall–Kier alpha value is -3.03. The van der Waals surface area contributed by atoms with E-state index in [-0.39, 0.29) is 19.0 Å². The van der Waals surface area contributed by atoms with Crippen LogP contribution >= 0.6 is 0 Å². The average molecular weight is 365 g/mol. The number of benzene rings is 2. The molecule has 2 N–H and O–H groups in total. The van der Waals surface area contributed by atoms with Crippen LogP contribution in [0.25, 0.3) is 0 Å². The van der Waals surface area contributed by atoms with E-state index in [1.807, 2.05) is 19.0 Å². The molecule has 0 aliphatic carbocycles. The van der Waals surface area contributed by atoms with Crippen LogP contribution in [0.1, 0.15) is 20.7 Å². The molecule has 0 aliphatic rings. The molecule has 0 aliphatic heterocycles. The quantitative estimate of drug-likeness (QED) is 0.610.